The van der Waals surface area contributed by atoms with Crippen LogP contribution in [0.2, 0.25) is 0 Å². The Balaban J connectivity index is 1.40. The molecule has 2 heterocycles. The van der Waals surface area contributed by atoms with Gasteiger partial charge < -0.3 is 10.1 Å². The van der Waals surface area contributed by atoms with Crippen LogP contribution in [-0.4, -0.2) is 27.3 Å². The Morgan fingerprint density at radius 2 is 1.92 bits per heavy atom. The third kappa shape index (κ3) is 5.54. The normalized spacial score (nSPS) is 10.6. The molecule has 1 N–H and O–H groups in total. The number of hydrogen-bond donors (Lipinski definition) is 1. The summed E-state index contributed by atoms with van der Waals surface area (Å²) in [6, 6.07) is 17.4. The molecule has 25 heavy (non-hydrogen) atoms. The van der Waals surface area contributed by atoms with Gasteiger partial charge in [0, 0.05) is 37.1 Å². The molecule has 1 amide bonds. The van der Waals surface area contributed by atoms with E-state index >= 15 is 0 Å². The van der Waals surface area contributed by atoms with Gasteiger partial charge in [-0.3, -0.25) is 14.5 Å². The minimum atomic E-state index is -0.217. The molecule has 0 aliphatic heterocycles. The molecule has 0 aliphatic rings. The molecule has 128 valence electrons. The van der Waals surface area contributed by atoms with Crippen LogP contribution in [0, 0.1) is 0 Å². The molecule has 2 aromatic heterocycles. The van der Waals surface area contributed by atoms with E-state index in [4.69, 9.17) is 4.74 Å². The molecule has 3 rings (SSSR count). The van der Waals surface area contributed by atoms with E-state index in [-0.39, 0.29) is 12.5 Å². The number of nitrogens with zero attached hydrogens (tertiary/aromatic N) is 3. The second kappa shape index (κ2) is 8.75. The molecular formula is C19H20N4O2. The Morgan fingerprint density at radius 3 is 2.72 bits per heavy atom. The number of ether oxygens (including phenoxy) is 1. The number of hydrogen-bond acceptors (Lipinski definition) is 4. The first-order valence-corrected chi connectivity index (χ1v) is 8.14. The average molecular weight is 336 g/mol. The Hall–Kier alpha value is -2.99. The third-order valence-corrected chi connectivity index (χ3v) is 3.58. The van der Waals surface area contributed by atoms with E-state index in [2.05, 4.69) is 15.4 Å². The highest BCUT2D eigenvalue weighted by Gasteiger charge is 2.06. The van der Waals surface area contributed by atoms with Gasteiger partial charge in [0.15, 0.2) is 5.82 Å². The summed E-state index contributed by atoms with van der Waals surface area (Å²) in [5, 5.41) is 7.07. The molecule has 0 saturated carbocycles. The van der Waals surface area contributed by atoms with Gasteiger partial charge in [-0.2, -0.15) is 5.10 Å². The topological polar surface area (TPSA) is 69.0 Å². The second-order valence-corrected chi connectivity index (χ2v) is 5.56. The highest BCUT2D eigenvalue weighted by Crippen LogP contribution is 2.05. The molecule has 0 radical (unpaired) electrons. The largest absolute Gasteiger partial charge is 0.367 e. The number of pyridine rings is 1. The van der Waals surface area contributed by atoms with E-state index in [0.29, 0.717) is 19.0 Å². The highest BCUT2D eigenvalue weighted by molar-refractivity contribution is 5.90. The number of aryl methyl sites for hydroxylation is 2. The van der Waals surface area contributed by atoms with Gasteiger partial charge >= 0.3 is 0 Å². The predicted octanol–water partition coefficient (Wildman–Crippen LogP) is 2.68. The first-order chi connectivity index (χ1) is 12.3. The van der Waals surface area contributed by atoms with Crippen LogP contribution in [0.5, 0.6) is 0 Å². The molecule has 0 atom stereocenters. The molecule has 0 spiro atoms. The molecule has 6 nitrogen and oxygen atoms in total. The van der Waals surface area contributed by atoms with Gasteiger partial charge in [-0.15, -0.1) is 0 Å². The minimum Gasteiger partial charge on any atom is -0.367 e. The fourth-order valence-corrected chi connectivity index (χ4v) is 2.34. The lowest BCUT2D eigenvalue weighted by Crippen LogP contribution is -2.18. The van der Waals surface area contributed by atoms with E-state index in [1.807, 2.05) is 54.7 Å². The van der Waals surface area contributed by atoms with E-state index in [1.54, 1.807) is 16.9 Å². The van der Waals surface area contributed by atoms with Crippen molar-refractivity contribution < 1.29 is 9.53 Å². The fraction of sp³-hybridized carbons (Fsp3) is 0.211. The van der Waals surface area contributed by atoms with Crippen molar-refractivity contribution in [1.29, 1.82) is 0 Å². The first kappa shape index (κ1) is 16.9. The van der Waals surface area contributed by atoms with Crippen LogP contribution in [0.3, 0.4) is 0 Å². The number of amides is 1. The molecule has 0 saturated heterocycles. The van der Waals surface area contributed by atoms with Crippen LogP contribution in [0.25, 0.3) is 0 Å². The van der Waals surface area contributed by atoms with Crippen molar-refractivity contribution >= 4 is 11.7 Å². The van der Waals surface area contributed by atoms with Gasteiger partial charge in [-0.25, -0.2) is 0 Å². The van der Waals surface area contributed by atoms with E-state index in [9.17, 15) is 4.79 Å². The lowest BCUT2D eigenvalue weighted by atomic mass is 10.2. The Kier molecular flexibility index (Phi) is 5.90. The van der Waals surface area contributed by atoms with Crippen molar-refractivity contribution in [1.82, 2.24) is 14.8 Å². The number of benzene rings is 1. The van der Waals surface area contributed by atoms with Crippen molar-refractivity contribution in [2.45, 2.75) is 19.6 Å². The van der Waals surface area contributed by atoms with Crippen molar-refractivity contribution in [3.63, 3.8) is 0 Å². The summed E-state index contributed by atoms with van der Waals surface area (Å²) in [5.41, 5.74) is 2.05. The first-order valence-electron chi connectivity index (χ1n) is 8.14. The highest BCUT2D eigenvalue weighted by atomic mass is 16.5. The Morgan fingerprint density at radius 1 is 1.08 bits per heavy atom. The van der Waals surface area contributed by atoms with Crippen LogP contribution in [0.4, 0.5) is 5.82 Å². The molecule has 3 aromatic rings. The maximum absolute atomic E-state index is 11.9. The van der Waals surface area contributed by atoms with Crippen LogP contribution in [-0.2, 0) is 29.1 Å². The smallest absolute Gasteiger partial charge is 0.251 e. The number of carbonyl (C=O) groups is 1. The molecule has 0 fully saturated rings. The van der Waals surface area contributed by atoms with Crippen LogP contribution in [0.15, 0.2) is 67.0 Å². The SMILES string of the molecule is O=C(COCc1ccccc1)Nc1ccn(CCc2ccccn2)n1. The zero-order valence-corrected chi connectivity index (χ0v) is 13.8. The summed E-state index contributed by atoms with van der Waals surface area (Å²) in [6.07, 6.45) is 4.40. The number of nitrogens with one attached hydrogen (secondary N) is 1. The van der Waals surface area contributed by atoms with E-state index in [1.165, 1.54) is 0 Å². The molecular weight excluding hydrogens is 316 g/mol. The number of rotatable bonds is 8. The van der Waals surface area contributed by atoms with Gasteiger partial charge in [0.2, 0.25) is 0 Å². The van der Waals surface area contributed by atoms with Gasteiger partial charge in [-0.05, 0) is 17.7 Å². The summed E-state index contributed by atoms with van der Waals surface area (Å²) >= 11 is 0. The van der Waals surface area contributed by atoms with Gasteiger partial charge in [0.05, 0.1) is 6.61 Å². The summed E-state index contributed by atoms with van der Waals surface area (Å²) in [5.74, 6) is 0.306. The van der Waals surface area contributed by atoms with Gasteiger partial charge in [0.25, 0.3) is 5.91 Å². The lowest BCUT2D eigenvalue weighted by Gasteiger charge is -2.05. The fourth-order valence-electron chi connectivity index (χ4n) is 2.34. The number of carbonyl (C=O) groups excluding carboxylic acids is 1. The molecule has 0 unspecified atom stereocenters. The molecule has 0 aliphatic carbocycles. The summed E-state index contributed by atoms with van der Waals surface area (Å²) in [7, 11) is 0. The third-order valence-electron chi connectivity index (χ3n) is 3.58. The van der Waals surface area contributed by atoms with Crippen LogP contribution >= 0.6 is 0 Å². The van der Waals surface area contributed by atoms with E-state index < -0.39 is 0 Å². The Bertz CT molecular complexity index is 787. The second-order valence-electron chi connectivity index (χ2n) is 5.56. The van der Waals surface area contributed by atoms with Crippen molar-refractivity contribution in [3.05, 3.63) is 78.2 Å². The quantitative estimate of drug-likeness (QED) is 0.687. The van der Waals surface area contributed by atoms with Gasteiger partial charge in [0.1, 0.15) is 6.61 Å². The lowest BCUT2D eigenvalue weighted by molar-refractivity contribution is -0.121. The van der Waals surface area contributed by atoms with Crippen molar-refractivity contribution in [2.24, 2.45) is 0 Å². The van der Waals surface area contributed by atoms with Crippen molar-refractivity contribution in [2.75, 3.05) is 11.9 Å². The maximum atomic E-state index is 11.9. The predicted molar refractivity (Wildman–Crippen MR) is 94.9 cm³/mol. The zero-order valence-electron chi connectivity index (χ0n) is 13.8. The molecule has 1 aromatic carbocycles. The number of anilines is 1. The maximum Gasteiger partial charge on any atom is 0.251 e. The van der Waals surface area contributed by atoms with Crippen LogP contribution < -0.4 is 5.32 Å². The minimum absolute atomic E-state index is 0.00428. The van der Waals surface area contributed by atoms with E-state index in [0.717, 1.165) is 17.7 Å². The standard InChI is InChI=1S/C19H20N4O2/c24-19(15-25-14-16-6-2-1-3-7-16)21-18-10-13-23(22-18)12-9-17-8-4-5-11-20-17/h1-8,10-11,13H,9,12,14-15H2,(H,21,22,24). The average Bonchev–Trinajstić information content (AvgIpc) is 3.09. The van der Waals surface area contributed by atoms with Gasteiger partial charge in [-0.1, -0.05) is 36.4 Å². The van der Waals surface area contributed by atoms with Crippen molar-refractivity contribution in [3.8, 4) is 0 Å². The summed E-state index contributed by atoms with van der Waals surface area (Å²) in [6.45, 7) is 1.11. The van der Waals surface area contributed by atoms with Crippen LogP contribution in [0.1, 0.15) is 11.3 Å². The summed E-state index contributed by atoms with van der Waals surface area (Å²) in [4.78, 5) is 16.2. The Labute approximate surface area is 146 Å². The monoisotopic (exact) mass is 336 g/mol. The molecule has 0 bridgehead atoms. The zero-order chi connectivity index (χ0) is 17.3. The molecule has 6 heteroatoms. The number of aromatic nitrogens is 3. The summed E-state index contributed by atoms with van der Waals surface area (Å²) < 4.78 is 7.20.